The fraction of sp³-hybridized carbons (Fsp3) is 0.909. The molecule has 0 aromatic carbocycles. The zero-order valence-corrected chi connectivity index (χ0v) is 8.91. The van der Waals surface area contributed by atoms with Gasteiger partial charge in [-0.2, -0.15) is 0 Å². The predicted molar refractivity (Wildman–Crippen MR) is 55.7 cm³/mol. The number of likely N-dealkylation sites (tertiary alicyclic amines) is 1. The van der Waals surface area contributed by atoms with E-state index in [0.29, 0.717) is 23.8 Å². The Morgan fingerprint density at radius 3 is 2.79 bits per heavy atom. The molecule has 80 valence electrons. The summed E-state index contributed by atoms with van der Waals surface area (Å²) < 4.78 is 0. The highest BCUT2D eigenvalue weighted by Gasteiger charge is 2.40. The Labute approximate surface area is 85.6 Å². The SMILES string of the molecule is CCC(CN)C1CC(=O)N(C2CC2)C1. The van der Waals surface area contributed by atoms with Gasteiger partial charge < -0.3 is 10.6 Å². The summed E-state index contributed by atoms with van der Waals surface area (Å²) in [5, 5.41) is 0. The van der Waals surface area contributed by atoms with Gasteiger partial charge in [-0.25, -0.2) is 0 Å². The molecule has 3 nitrogen and oxygen atoms in total. The van der Waals surface area contributed by atoms with E-state index in [-0.39, 0.29) is 0 Å². The highest BCUT2D eigenvalue weighted by atomic mass is 16.2. The van der Waals surface area contributed by atoms with Gasteiger partial charge >= 0.3 is 0 Å². The summed E-state index contributed by atoms with van der Waals surface area (Å²) in [5.74, 6) is 1.44. The van der Waals surface area contributed by atoms with E-state index in [4.69, 9.17) is 5.73 Å². The average molecular weight is 196 g/mol. The zero-order valence-electron chi connectivity index (χ0n) is 8.91. The van der Waals surface area contributed by atoms with Crippen LogP contribution in [0, 0.1) is 11.8 Å². The quantitative estimate of drug-likeness (QED) is 0.728. The molecular formula is C11H20N2O. The van der Waals surface area contributed by atoms with Crippen molar-refractivity contribution in [3.8, 4) is 0 Å². The lowest BCUT2D eigenvalue weighted by molar-refractivity contribution is -0.128. The molecule has 0 radical (unpaired) electrons. The van der Waals surface area contributed by atoms with Gasteiger partial charge in [-0.05, 0) is 31.2 Å². The smallest absolute Gasteiger partial charge is 0.223 e. The first-order valence-electron chi connectivity index (χ1n) is 5.75. The first kappa shape index (κ1) is 9.97. The standard InChI is InChI=1S/C11H20N2O/c1-2-8(6-12)9-5-11(14)13(7-9)10-3-4-10/h8-10H,2-7,12H2,1H3. The molecule has 3 heteroatoms. The van der Waals surface area contributed by atoms with Crippen molar-refractivity contribution in [2.24, 2.45) is 17.6 Å². The van der Waals surface area contributed by atoms with Crippen LogP contribution in [0.2, 0.25) is 0 Å². The lowest BCUT2D eigenvalue weighted by atomic mass is 9.89. The third kappa shape index (κ3) is 1.78. The van der Waals surface area contributed by atoms with E-state index in [0.717, 1.165) is 25.9 Å². The van der Waals surface area contributed by atoms with E-state index in [2.05, 4.69) is 11.8 Å². The molecule has 0 aromatic heterocycles. The Hall–Kier alpha value is -0.570. The van der Waals surface area contributed by atoms with Gasteiger partial charge in [0.05, 0.1) is 0 Å². The number of carbonyl (C=O) groups is 1. The molecule has 14 heavy (non-hydrogen) atoms. The molecule has 1 aliphatic carbocycles. The Bertz CT molecular complexity index is 221. The van der Waals surface area contributed by atoms with Crippen LogP contribution in [0.25, 0.3) is 0 Å². The predicted octanol–water partition coefficient (Wildman–Crippen LogP) is 0.982. The Kier molecular flexibility index (Phi) is 2.77. The molecule has 1 aliphatic heterocycles. The highest BCUT2D eigenvalue weighted by Crippen LogP contribution is 2.35. The molecule has 1 saturated heterocycles. The van der Waals surface area contributed by atoms with Gasteiger partial charge in [-0.1, -0.05) is 13.3 Å². The Morgan fingerprint density at radius 1 is 1.57 bits per heavy atom. The number of carbonyl (C=O) groups excluding carboxylic acids is 1. The van der Waals surface area contributed by atoms with E-state index in [1.807, 2.05) is 0 Å². The molecule has 0 aromatic rings. The second kappa shape index (κ2) is 3.89. The summed E-state index contributed by atoms with van der Waals surface area (Å²) in [6.07, 6.45) is 4.29. The monoisotopic (exact) mass is 196 g/mol. The first-order chi connectivity index (χ1) is 6.76. The molecule has 0 spiro atoms. The largest absolute Gasteiger partial charge is 0.339 e. The van der Waals surface area contributed by atoms with Gasteiger partial charge in [0.2, 0.25) is 5.91 Å². The van der Waals surface area contributed by atoms with Crippen molar-refractivity contribution >= 4 is 5.91 Å². The number of amides is 1. The van der Waals surface area contributed by atoms with Crippen molar-refractivity contribution in [1.82, 2.24) is 4.90 Å². The van der Waals surface area contributed by atoms with Crippen LogP contribution in [0.3, 0.4) is 0 Å². The van der Waals surface area contributed by atoms with Crippen LogP contribution in [0.5, 0.6) is 0 Å². The van der Waals surface area contributed by atoms with E-state index >= 15 is 0 Å². The minimum atomic E-state index is 0.365. The summed E-state index contributed by atoms with van der Waals surface area (Å²) in [6.45, 7) is 3.87. The van der Waals surface area contributed by atoms with Crippen LogP contribution >= 0.6 is 0 Å². The molecule has 1 heterocycles. The lowest BCUT2D eigenvalue weighted by Gasteiger charge is -2.20. The minimum Gasteiger partial charge on any atom is -0.339 e. The van der Waals surface area contributed by atoms with Crippen molar-refractivity contribution in [3.63, 3.8) is 0 Å². The molecule has 1 saturated carbocycles. The van der Waals surface area contributed by atoms with Crippen LogP contribution in [0.1, 0.15) is 32.6 Å². The number of nitrogens with two attached hydrogens (primary N) is 1. The van der Waals surface area contributed by atoms with Crippen LogP contribution in [-0.2, 0) is 4.79 Å². The lowest BCUT2D eigenvalue weighted by Crippen LogP contribution is -2.29. The van der Waals surface area contributed by atoms with Crippen LogP contribution in [-0.4, -0.2) is 29.9 Å². The summed E-state index contributed by atoms with van der Waals surface area (Å²) in [6, 6.07) is 0.586. The van der Waals surface area contributed by atoms with Gasteiger partial charge in [0.25, 0.3) is 0 Å². The average Bonchev–Trinajstić information content (AvgIpc) is 2.94. The van der Waals surface area contributed by atoms with Gasteiger partial charge in [0.15, 0.2) is 0 Å². The fourth-order valence-corrected chi connectivity index (χ4v) is 2.51. The maximum absolute atomic E-state index is 11.7. The molecule has 2 fully saturated rings. The van der Waals surface area contributed by atoms with E-state index in [9.17, 15) is 4.79 Å². The van der Waals surface area contributed by atoms with E-state index in [1.54, 1.807) is 0 Å². The zero-order chi connectivity index (χ0) is 10.1. The van der Waals surface area contributed by atoms with Crippen molar-refractivity contribution in [3.05, 3.63) is 0 Å². The third-order valence-corrected chi connectivity index (χ3v) is 3.67. The second-order valence-corrected chi connectivity index (χ2v) is 4.65. The molecule has 2 atom stereocenters. The molecular weight excluding hydrogens is 176 g/mol. The number of hydrogen-bond donors (Lipinski definition) is 1. The molecule has 2 unspecified atom stereocenters. The fourth-order valence-electron chi connectivity index (χ4n) is 2.51. The molecule has 0 bridgehead atoms. The van der Waals surface area contributed by atoms with Crippen LogP contribution < -0.4 is 5.73 Å². The Balaban J connectivity index is 1.93. The summed E-state index contributed by atoms with van der Waals surface area (Å²) in [4.78, 5) is 13.8. The topological polar surface area (TPSA) is 46.3 Å². The Morgan fingerprint density at radius 2 is 2.29 bits per heavy atom. The number of hydrogen-bond acceptors (Lipinski definition) is 2. The second-order valence-electron chi connectivity index (χ2n) is 4.65. The van der Waals surface area contributed by atoms with Crippen molar-refractivity contribution in [2.75, 3.05) is 13.1 Å². The van der Waals surface area contributed by atoms with Crippen LogP contribution in [0.15, 0.2) is 0 Å². The van der Waals surface area contributed by atoms with Crippen molar-refractivity contribution < 1.29 is 4.79 Å². The maximum atomic E-state index is 11.7. The van der Waals surface area contributed by atoms with E-state index in [1.165, 1.54) is 12.8 Å². The maximum Gasteiger partial charge on any atom is 0.223 e. The third-order valence-electron chi connectivity index (χ3n) is 3.67. The summed E-state index contributed by atoms with van der Waals surface area (Å²) in [5.41, 5.74) is 5.72. The molecule has 2 aliphatic rings. The van der Waals surface area contributed by atoms with E-state index < -0.39 is 0 Å². The van der Waals surface area contributed by atoms with Gasteiger partial charge in [-0.3, -0.25) is 4.79 Å². The van der Waals surface area contributed by atoms with Gasteiger partial charge in [0, 0.05) is 19.0 Å². The minimum absolute atomic E-state index is 0.365. The number of rotatable bonds is 4. The normalized spacial score (nSPS) is 29.7. The van der Waals surface area contributed by atoms with Gasteiger partial charge in [0.1, 0.15) is 0 Å². The summed E-state index contributed by atoms with van der Waals surface area (Å²) >= 11 is 0. The summed E-state index contributed by atoms with van der Waals surface area (Å²) in [7, 11) is 0. The van der Waals surface area contributed by atoms with Gasteiger partial charge in [-0.15, -0.1) is 0 Å². The molecule has 1 amide bonds. The number of nitrogens with zero attached hydrogens (tertiary/aromatic N) is 1. The highest BCUT2D eigenvalue weighted by molar-refractivity contribution is 5.79. The first-order valence-corrected chi connectivity index (χ1v) is 5.75. The van der Waals surface area contributed by atoms with Crippen molar-refractivity contribution in [1.29, 1.82) is 0 Å². The molecule has 2 rings (SSSR count). The molecule has 2 N–H and O–H groups in total. The van der Waals surface area contributed by atoms with Crippen LogP contribution in [0.4, 0.5) is 0 Å². The van der Waals surface area contributed by atoms with Crippen molar-refractivity contribution in [2.45, 2.75) is 38.6 Å².